The summed E-state index contributed by atoms with van der Waals surface area (Å²) in [6.45, 7) is 1.06. The number of aliphatic hydroxyl groups is 3. The first-order valence-electron chi connectivity index (χ1n) is 7.69. The van der Waals surface area contributed by atoms with Crippen molar-refractivity contribution in [2.24, 2.45) is 5.41 Å². The normalized spacial score (nSPS) is 9.85. The Morgan fingerprint density at radius 1 is 0.692 bits per heavy atom. The Hall–Kier alpha value is -2.74. The van der Waals surface area contributed by atoms with E-state index in [0.29, 0.717) is 11.1 Å². The second-order valence-corrected chi connectivity index (χ2v) is 5.63. The predicted octanol–water partition coefficient (Wildman–Crippen LogP) is 1.74. The summed E-state index contributed by atoms with van der Waals surface area (Å²) in [7, 11) is 0. The molecule has 0 heterocycles. The van der Waals surface area contributed by atoms with Gasteiger partial charge in [0.05, 0.1) is 30.9 Å². The van der Waals surface area contributed by atoms with Gasteiger partial charge in [-0.05, 0) is 24.3 Å². The van der Waals surface area contributed by atoms with Gasteiger partial charge >= 0.3 is 11.9 Å². The third kappa shape index (κ3) is 9.53. The summed E-state index contributed by atoms with van der Waals surface area (Å²) in [6.07, 6.45) is 0. The molecule has 0 atom stereocenters. The van der Waals surface area contributed by atoms with Gasteiger partial charge in [0, 0.05) is 5.41 Å². The van der Waals surface area contributed by atoms with Crippen molar-refractivity contribution in [3.63, 3.8) is 0 Å². The first kappa shape index (κ1) is 23.3. The molecule has 7 heteroatoms. The third-order valence-corrected chi connectivity index (χ3v) is 3.19. The molecule has 26 heavy (non-hydrogen) atoms. The molecule has 0 amide bonds. The summed E-state index contributed by atoms with van der Waals surface area (Å²) < 4.78 is 0. The molecule has 0 radical (unpaired) electrons. The van der Waals surface area contributed by atoms with Crippen LogP contribution in [0.5, 0.6) is 0 Å². The van der Waals surface area contributed by atoms with E-state index in [-0.39, 0.29) is 19.8 Å². The van der Waals surface area contributed by atoms with Gasteiger partial charge in [-0.15, -0.1) is 0 Å². The second-order valence-electron chi connectivity index (χ2n) is 5.63. The maximum atomic E-state index is 10.2. The molecule has 0 fully saturated rings. The minimum Gasteiger partial charge on any atom is -0.478 e. The van der Waals surface area contributed by atoms with Gasteiger partial charge in [0.15, 0.2) is 0 Å². The van der Waals surface area contributed by atoms with E-state index in [1.165, 1.54) is 0 Å². The quantitative estimate of drug-likeness (QED) is 0.545. The van der Waals surface area contributed by atoms with Crippen LogP contribution < -0.4 is 0 Å². The van der Waals surface area contributed by atoms with Crippen molar-refractivity contribution >= 4 is 11.9 Å². The smallest absolute Gasteiger partial charge is 0.335 e. The summed E-state index contributed by atoms with van der Waals surface area (Å²) in [5.74, 6) is -1.76. The number of rotatable bonds is 5. The van der Waals surface area contributed by atoms with E-state index in [0.717, 1.165) is 0 Å². The summed E-state index contributed by atoms with van der Waals surface area (Å²) in [6, 6.07) is 16.6. The lowest BCUT2D eigenvalue weighted by atomic mass is 9.95. The number of carboxylic acid groups (broad SMARTS) is 2. The van der Waals surface area contributed by atoms with Crippen molar-refractivity contribution in [3.8, 4) is 0 Å². The first-order chi connectivity index (χ1) is 12.3. The van der Waals surface area contributed by atoms with Crippen LogP contribution in [0.2, 0.25) is 0 Å². The fraction of sp³-hybridized carbons (Fsp3) is 0.263. The average Bonchev–Trinajstić information content (AvgIpc) is 2.69. The van der Waals surface area contributed by atoms with Crippen molar-refractivity contribution < 1.29 is 35.1 Å². The Bertz CT molecular complexity index is 580. The SMILES string of the molecule is CC(CO)(CO)CO.O=C(O)c1ccccc1.O=C(O)c1ccccc1. The fourth-order valence-corrected chi connectivity index (χ4v) is 1.31. The lowest BCUT2D eigenvalue weighted by Crippen LogP contribution is -2.29. The van der Waals surface area contributed by atoms with Crippen LogP contribution in [0.3, 0.4) is 0 Å². The topological polar surface area (TPSA) is 135 Å². The maximum absolute atomic E-state index is 10.2. The Morgan fingerprint density at radius 3 is 1.08 bits per heavy atom. The molecule has 0 aliphatic carbocycles. The number of carbonyl (C=O) groups is 2. The zero-order valence-corrected chi connectivity index (χ0v) is 14.4. The van der Waals surface area contributed by atoms with E-state index in [4.69, 9.17) is 25.5 Å². The molecule has 2 aromatic carbocycles. The summed E-state index contributed by atoms with van der Waals surface area (Å²) >= 11 is 0. The van der Waals surface area contributed by atoms with Crippen LogP contribution in [-0.2, 0) is 0 Å². The number of benzene rings is 2. The molecule has 0 saturated carbocycles. The Kier molecular flexibility index (Phi) is 11.3. The summed E-state index contributed by atoms with van der Waals surface area (Å²) in [4.78, 5) is 20.4. The molecule has 0 aromatic heterocycles. The van der Waals surface area contributed by atoms with E-state index in [1.54, 1.807) is 67.6 Å². The molecule has 0 saturated heterocycles. The standard InChI is InChI=1S/2C7H6O2.C5H12O3/c2*8-7(9)6-4-2-1-3-5-6;1-5(2-6,3-7)4-8/h2*1-5H,(H,8,9);6-8H,2-4H2,1H3. The molecular weight excluding hydrogens is 340 g/mol. The predicted molar refractivity (Wildman–Crippen MR) is 96.2 cm³/mol. The molecule has 0 bridgehead atoms. The molecular formula is C19H24O7. The summed E-state index contributed by atoms with van der Waals surface area (Å²) in [5.41, 5.74) is -0.0463. The van der Waals surface area contributed by atoms with Crippen LogP contribution >= 0.6 is 0 Å². The van der Waals surface area contributed by atoms with E-state index >= 15 is 0 Å². The zero-order chi connectivity index (χ0) is 20.0. The van der Waals surface area contributed by atoms with Crippen LogP contribution in [0.4, 0.5) is 0 Å². The lowest BCUT2D eigenvalue weighted by Gasteiger charge is -2.20. The minimum atomic E-state index is -0.879. The summed E-state index contributed by atoms with van der Waals surface area (Å²) in [5, 5.41) is 42.2. The van der Waals surface area contributed by atoms with Gasteiger partial charge in [-0.3, -0.25) is 0 Å². The van der Waals surface area contributed by atoms with Gasteiger partial charge in [-0.1, -0.05) is 43.3 Å². The van der Waals surface area contributed by atoms with Gasteiger partial charge in [0.2, 0.25) is 0 Å². The van der Waals surface area contributed by atoms with E-state index in [1.807, 2.05) is 0 Å². The average molecular weight is 364 g/mol. The van der Waals surface area contributed by atoms with Gasteiger partial charge < -0.3 is 25.5 Å². The van der Waals surface area contributed by atoms with Gasteiger partial charge in [-0.25, -0.2) is 9.59 Å². The molecule has 5 N–H and O–H groups in total. The molecule has 0 aliphatic heterocycles. The van der Waals surface area contributed by atoms with E-state index in [9.17, 15) is 9.59 Å². The van der Waals surface area contributed by atoms with Crippen molar-refractivity contribution in [3.05, 3.63) is 71.8 Å². The number of aromatic carboxylic acids is 2. The molecule has 0 aliphatic rings. The molecule has 2 rings (SSSR count). The van der Waals surface area contributed by atoms with Gasteiger partial charge in [0.25, 0.3) is 0 Å². The van der Waals surface area contributed by atoms with Crippen LogP contribution in [0.15, 0.2) is 60.7 Å². The van der Waals surface area contributed by atoms with Crippen LogP contribution in [0, 0.1) is 5.41 Å². The first-order valence-corrected chi connectivity index (χ1v) is 7.69. The van der Waals surface area contributed by atoms with Crippen LogP contribution in [0.25, 0.3) is 0 Å². The lowest BCUT2D eigenvalue weighted by molar-refractivity contribution is 0.0200. The van der Waals surface area contributed by atoms with E-state index < -0.39 is 17.4 Å². The highest BCUT2D eigenvalue weighted by Crippen LogP contribution is 2.11. The highest BCUT2D eigenvalue weighted by molar-refractivity contribution is 5.87. The molecule has 0 spiro atoms. The highest BCUT2D eigenvalue weighted by Gasteiger charge is 2.20. The highest BCUT2D eigenvalue weighted by atomic mass is 16.4. The van der Waals surface area contributed by atoms with Crippen LogP contribution in [0.1, 0.15) is 27.6 Å². The Labute approximate surface area is 151 Å². The maximum Gasteiger partial charge on any atom is 0.335 e. The molecule has 2 aromatic rings. The van der Waals surface area contributed by atoms with Gasteiger partial charge in [0.1, 0.15) is 0 Å². The Balaban J connectivity index is 0.000000362. The van der Waals surface area contributed by atoms with Crippen molar-refractivity contribution in [1.29, 1.82) is 0 Å². The number of aliphatic hydroxyl groups excluding tert-OH is 3. The second kappa shape index (κ2) is 12.6. The number of hydrogen-bond acceptors (Lipinski definition) is 5. The van der Waals surface area contributed by atoms with Crippen molar-refractivity contribution in [2.75, 3.05) is 19.8 Å². The molecule has 0 unspecified atom stereocenters. The van der Waals surface area contributed by atoms with Crippen molar-refractivity contribution in [1.82, 2.24) is 0 Å². The minimum absolute atomic E-state index is 0.181. The number of carboxylic acids is 2. The number of hydrogen-bond donors (Lipinski definition) is 5. The van der Waals surface area contributed by atoms with Crippen LogP contribution in [-0.4, -0.2) is 57.3 Å². The fourth-order valence-electron chi connectivity index (χ4n) is 1.31. The molecule has 7 nitrogen and oxygen atoms in total. The van der Waals surface area contributed by atoms with Crippen molar-refractivity contribution in [2.45, 2.75) is 6.92 Å². The Morgan fingerprint density at radius 2 is 0.962 bits per heavy atom. The monoisotopic (exact) mass is 364 g/mol. The third-order valence-electron chi connectivity index (χ3n) is 3.19. The van der Waals surface area contributed by atoms with Gasteiger partial charge in [-0.2, -0.15) is 0 Å². The molecule has 142 valence electrons. The largest absolute Gasteiger partial charge is 0.478 e. The van der Waals surface area contributed by atoms with E-state index in [2.05, 4.69) is 0 Å². The zero-order valence-electron chi connectivity index (χ0n) is 14.4.